The number of aryl methyl sites for hydroxylation is 1. The molecule has 5 aliphatic rings. The molecule has 1 aromatic carbocycles. The van der Waals surface area contributed by atoms with Crippen molar-refractivity contribution in [1.29, 1.82) is 0 Å². The highest BCUT2D eigenvalue weighted by molar-refractivity contribution is 5.78. The van der Waals surface area contributed by atoms with Gasteiger partial charge in [-0.2, -0.15) is 0 Å². The van der Waals surface area contributed by atoms with E-state index in [-0.39, 0.29) is 11.4 Å². The van der Waals surface area contributed by atoms with E-state index in [2.05, 4.69) is 33.4 Å². The van der Waals surface area contributed by atoms with Crippen LogP contribution in [0.5, 0.6) is 0 Å². The van der Waals surface area contributed by atoms with Crippen LogP contribution in [0.15, 0.2) is 18.2 Å². The first kappa shape index (κ1) is 40.5. The van der Waals surface area contributed by atoms with Crippen LogP contribution in [0.1, 0.15) is 189 Å². The maximum atomic E-state index is 12.7. The quantitative estimate of drug-likeness (QED) is 0.0668. The Morgan fingerprint density at radius 3 is 1.79 bits per heavy atom. The first-order valence-electron chi connectivity index (χ1n) is 22.4. The summed E-state index contributed by atoms with van der Waals surface area (Å²) in [6.07, 6.45) is 30.6. The van der Waals surface area contributed by atoms with Gasteiger partial charge in [0.1, 0.15) is 12.1 Å². The Morgan fingerprint density at radius 2 is 1.23 bits per heavy atom. The van der Waals surface area contributed by atoms with Gasteiger partial charge in [-0.15, -0.1) is 0 Å². The standard InChI is InChI=1S/C44H74N6O3/c45-27-16-17-29-49(30-20-28-46)41(51)22-13-11-9-7-5-3-1-2-4-6-8-10-12-21-36-23-24-37-38(33-36)40-35-44(26-15-19-32-53-44)48-42-47-43(25-14-18-31-52-43)34-39(37)50(40)42/h23-24,33,39-40H,1-22,25-32,34-35,45-46H2,(H,47,48)/p+1/t39-,40+,43+,44-/m1/s1. The molecule has 2 saturated heterocycles. The molecule has 9 nitrogen and oxygen atoms in total. The van der Waals surface area contributed by atoms with Crippen LogP contribution in [0.25, 0.3) is 0 Å². The molecule has 0 bridgehead atoms. The highest BCUT2D eigenvalue weighted by Crippen LogP contribution is 2.51. The summed E-state index contributed by atoms with van der Waals surface area (Å²) in [6.45, 7) is 4.66. The van der Waals surface area contributed by atoms with E-state index in [9.17, 15) is 4.79 Å². The minimum Gasteiger partial charge on any atom is -0.343 e. The van der Waals surface area contributed by atoms with Crippen molar-refractivity contribution in [2.24, 2.45) is 11.5 Å². The lowest BCUT2D eigenvalue weighted by Gasteiger charge is -2.47. The number of guanidine groups is 1. The van der Waals surface area contributed by atoms with Crippen LogP contribution in [-0.2, 0) is 20.7 Å². The summed E-state index contributed by atoms with van der Waals surface area (Å²) in [7, 11) is 0. The average molecular weight is 736 g/mol. The summed E-state index contributed by atoms with van der Waals surface area (Å²) in [4.78, 5) is 14.7. The zero-order valence-corrected chi connectivity index (χ0v) is 33.3. The molecule has 4 atom stereocenters. The minimum atomic E-state index is -0.266. The first-order valence-corrected chi connectivity index (χ1v) is 22.4. The van der Waals surface area contributed by atoms with Crippen molar-refractivity contribution >= 4 is 11.9 Å². The third kappa shape index (κ3) is 11.0. The number of amides is 1. The van der Waals surface area contributed by atoms with E-state index in [1.165, 1.54) is 107 Å². The molecule has 2 fully saturated rings. The van der Waals surface area contributed by atoms with Gasteiger partial charge >= 0.3 is 5.96 Å². The van der Waals surface area contributed by atoms with Gasteiger partial charge < -0.3 is 25.8 Å². The zero-order valence-electron chi connectivity index (χ0n) is 33.3. The number of benzene rings is 1. The normalized spacial score (nSPS) is 26.0. The number of ether oxygens (including phenoxy) is 2. The van der Waals surface area contributed by atoms with E-state index < -0.39 is 0 Å². The van der Waals surface area contributed by atoms with Crippen LogP contribution in [0, 0.1) is 0 Å². The first-order chi connectivity index (χ1) is 26.1. The number of carbonyl (C=O) groups is 1. The topological polar surface area (TPSA) is 118 Å². The molecule has 2 spiro atoms. The average Bonchev–Trinajstić information content (AvgIpc) is 3.47. The summed E-state index contributed by atoms with van der Waals surface area (Å²) < 4.78 is 15.7. The van der Waals surface area contributed by atoms with Gasteiger partial charge in [0.05, 0.1) is 13.2 Å². The maximum Gasteiger partial charge on any atom is 0.351 e. The summed E-state index contributed by atoms with van der Waals surface area (Å²) in [5.41, 5.74) is 15.4. The fourth-order valence-corrected chi connectivity index (χ4v) is 9.96. The number of rotatable bonds is 23. The molecule has 0 aromatic heterocycles. The molecule has 298 valence electrons. The van der Waals surface area contributed by atoms with Crippen molar-refractivity contribution in [3.8, 4) is 0 Å². The number of nitrogens with zero attached hydrogens (tertiary/aromatic N) is 2. The Balaban J connectivity index is 0.841. The van der Waals surface area contributed by atoms with Crippen LogP contribution < -0.4 is 22.1 Å². The summed E-state index contributed by atoms with van der Waals surface area (Å²) >= 11 is 0. The lowest BCUT2D eigenvalue weighted by molar-refractivity contribution is -0.626. The van der Waals surface area contributed by atoms with Crippen molar-refractivity contribution in [3.05, 3.63) is 34.9 Å². The molecule has 0 radical (unpaired) electrons. The highest BCUT2D eigenvalue weighted by Gasteiger charge is 2.58. The molecule has 6 rings (SSSR count). The number of hydrogen-bond donors (Lipinski definition) is 4. The monoisotopic (exact) mass is 736 g/mol. The Bertz CT molecular complexity index is 1300. The van der Waals surface area contributed by atoms with Crippen molar-refractivity contribution in [2.75, 3.05) is 39.4 Å². The maximum absolute atomic E-state index is 12.7. The number of nitrogens with one attached hydrogen (secondary N) is 2. The van der Waals surface area contributed by atoms with Gasteiger partial charge in [-0.05, 0) is 94.0 Å². The summed E-state index contributed by atoms with van der Waals surface area (Å²) in [5.74, 6) is 1.45. The van der Waals surface area contributed by atoms with E-state index in [0.29, 0.717) is 37.5 Å². The van der Waals surface area contributed by atoms with Crippen LogP contribution in [0.4, 0.5) is 0 Å². The van der Waals surface area contributed by atoms with Gasteiger partial charge in [0, 0.05) is 45.2 Å². The predicted octanol–water partition coefficient (Wildman–Crippen LogP) is 7.85. The third-order valence-electron chi connectivity index (χ3n) is 13.0. The molecule has 0 saturated carbocycles. The Kier molecular flexibility index (Phi) is 15.8. The molecule has 5 heterocycles. The third-order valence-corrected chi connectivity index (χ3v) is 13.0. The van der Waals surface area contributed by atoms with Gasteiger partial charge in [-0.1, -0.05) is 88.8 Å². The second-order valence-corrected chi connectivity index (χ2v) is 17.1. The fraction of sp³-hybridized carbons (Fsp3) is 0.818. The number of fused-ring (bicyclic) bond motifs is 3. The van der Waals surface area contributed by atoms with Crippen molar-refractivity contribution in [3.63, 3.8) is 0 Å². The number of carbonyl (C=O) groups excluding carboxylic acids is 1. The molecule has 0 unspecified atom stereocenters. The minimum absolute atomic E-state index is 0.262. The van der Waals surface area contributed by atoms with Crippen molar-refractivity contribution < 1.29 is 18.8 Å². The highest BCUT2D eigenvalue weighted by atomic mass is 16.5. The second kappa shape index (κ2) is 20.6. The van der Waals surface area contributed by atoms with E-state index in [0.717, 1.165) is 96.5 Å². The molecule has 5 aliphatic heterocycles. The SMILES string of the molecule is NCCCCN(CCCN)C(=O)CCCCCCCCCCCCCCCc1ccc2c(c1)[C@@H]1C[C@]3(CCCCO3)NC3=[N+]1[C@@H]2C[C@@]1(CCCCO1)N3. The molecular weight excluding hydrogens is 661 g/mol. The molecule has 6 N–H and O–H groups in total. The van der Waals surface area contributed by atoms with Crippen molar-refractivity contribution in [2.45, 2.75) is 190 Å². The number of unbranched alkanes of at least 4 members (excludes halogenated alkanes) is 13. The number of hydrogen-bond acceptors (Lipinski definition) is 7. The summed E-state index contributed by atoms with van der Waals surface area (Å²) in [5, 5.41) is 7.81. The van der Waals surface area contributed by atoms with Gasteiger partial charge in [-0.25, -0.2) is 10.6 Å². The van der Waals surface area contributed by atoms with Crippen LogP contribution >= 0.6 is 0 Å². The summed E-state index contributed by atoms with van der Waals surface area (Å²) in [6, 6.07) is 8.20. The predicted molar refractivity (Wildman–Crippen MR) is 215 cm³/mol. The van der Waals surface area contributed by atoms with Crippen LogP contribution in [0.3, 0.4) is 0 Å². The van der Waals surface area contributed by atoms with Crippen LogP contribution in [-0.4, -0.2) is 72.2 Å². The number of nitrogens with two attached hydrogens (primary N) is 2. The van der Waals surface area contributed by atoms with E-state index in [4.69, 9.17) is 20.9 Å². The van der Waals surface area contributed by atoms with Gasteiger partial charge in [-0.3, -0.25) is 9.37 Å². The van der Waals surface area contributed by atoms with Gasteiger partial charge in [0.2, 0.25) is 5.91 Å². The van der Waals surface area contributed by atoms with Crippen LogP contribution in [0.2, 0.25) is 0 Å². The van der Waals surface area contributed by atoms with E-state index in [1.807, 2.05) is 4.90 Å². The molecule has 1 aromatic rings. The van der Waals surface area contributed by atoms with E-state index in [1.54, 1.807) is 5.56 Å². The second-order valence-electron chi connectivity index (χ2n) is 17.1. The van der Waals surface area contributed by atoms with Gasteiger partial charge in [0.15, 0.2) is 11.4 Å². The molecule has 9 heteroatoms. The van der Waals surface area contributed by atoms with Crippen molar-refractivity contribution in [1.82, 2.24) is 15.5 Å². The lowest BCUT2D eigenvalue weighted by Crippen LogP contribution is -2.70. The molecule has 0 aliphatic carbocycles. The molecular formula is C44H75N6O3+. The molecule has 53 heavy (non-hydrogen) atoms. The Hall–Kier alpha value is -2.20. The van der Waals surface area contributed by atoms with Gasteiger partial charge in [0.25, 0.3) is 0 Å². The molecule has 1 amide bonds. The fourth-order valence-electron chi connectivity index (χ4n) is 9.96. The van der Waals surface area contributed by atoms with E-state index >= 15 is 0 Å². The smallest absolute Gasteiger partial charge is 0.343 e. The zero-order chi connectivity index (χ0) is 36.8. The Morgan fingerprint density at radius 1 is 0.679 bits per heavy atom. The largest absolute Gasteiger partial charge is 0.351 e. The Labute approximate surface area is 321 Å². The lowest BCUT2D eigenvalue weighted by atomic mass is 9.89.